The Labute approximate surface area is 115 Å². The highest BCUT2D eigenvalue weighted by atomic mass is 16.5. The largest absolute Gasteiger partial charge is 0.493 e. The number of hydrogen-bond acceptors (Lipinski definition) is 5. The molecule has 3 aromatic rings. The summed E-state index contributed by atoms with van der Waals surface area (Å²) in [5.74, 6) is 1.78. The lowest BCUT2D eigenvalue weighted by molar-refractivity contribution is 0.355. The lowest BCUT2D eigenvalue weighted by Crippen LogP contribution is -1.97. The fourth-order valence-corrected chi connectivity index (χ4v) is 2.13. The van der Waals surface area contributed by atoms with Crippen LogP contribution in [0, 0.1) is 0 Å². The molecule has 6 nitrogen and oxygen atoms in total. The van der Waals surface area contributed by atoms with Gasteiger partial charge in [-0.3, -0.25) is 0 Å². The van der Waals surface area contributed by atoms with Crippen molar-refractivity contribution in [1.82, 2.24) is 14.6 Å². The molecular weight excluding hydrogens is 256 g/mol. The van der Waals surface area contributed by atoms with Crippen LogP contribution in [0.15, 0.2) is 36.5 Å². The van der Waals surface area contributed by atoms with E-state index in [2.05, 4.69) is 10.1 Å². The monoisotopic (exact) mass is 270 g/mol. The number of rotatable bonds is 3. The van der Waals surface area contributed by atoms with E-state index in [4.69, 9.17) is 15.2 Å². The van der Waals surface area contributed by atoms with Crippen LogP contribution < -0.4 is 15.2 Å². The van der Waals surface area contributed by atoms with Gasteiger partial charge in [0.05, 0.1) is 19.9 Å². The topological polar surface area (TPSA) is 74.7 Å². The molecule has 0 aliphatic heterocycles. The SMILES string of the molecule is COc1ccc(-c2ccnc3cc(N)nn23)cc1OC. The molecule has 0 fully saturated rings. The zero-order valence-electron chi connectivity index (χ0n) is 11.2. The first-order valence-electron chi connectivity index (χ1n) is 6.05. The predicted molar refractivity (Wildman–Crippen MR) is 75.9 cm³/mol. The van der Waals surface area contributed by atoms with Crippen LogP contribution in [-0.2, 0) is 0 Å². The van der Waals surface area contributed by atoms with Gasteiger partial charge in [-0.25, -0.2) is 9.50 Å². The van der Waals surface area contributed by atoms with Crippen molar-refractivity contribution in [2.45, 2.75) is 0 Å². The lowest BCUT2D eigenvalue weighted by Gasteiger charge is -2.10. The van der Waals surface area contributed by atoms with Gasteiger partial charge >= 0.3 is 0 Å². The Hall–Kier alpha value is -2.76. The lowest BCUT2D eigenvalue weighted by atomic mass is 10.1. The van der Waals surface area contributed by atoms with E-state index in [-0.39, 0.29) is 0 Å². The van der Waals surface area contributed by atoms with Crippen molar-refractivity contribution in [3.8, 4) is 22.8 Å². The van der Waals surface area contributed by atoms with Crippen LogP contribution in [0.1, 0.15) is 0 Å². The average molecular weight is 270 g/mol. The van der Waals surface area contributed by atoms with Crippen LogP contribution >= 0.6 is 0 Å². The molecule has 0 aliphatic carbocycles. The van der Waals surface area contributed by atoms with E-state index in [1.807, 2.05) is 24.3 Å². The fraction of sp³-hybridized carbons (Fsp3) is 0.143. The second-order valence-electron chi connectivity index (χ2n) is 4.24. The predicted octanol–water partition coefficient (Wildman–Crippen LogP) is 2.00. The van der Waals surface area contributed by atoms with Gasteiger partial charge in [-0.2, -0.15) is 0 Å². The maximum absolute atomic E-state index is 5.72. The van der Waals surface area contributed by atoms with Crippen molar-refractivity contribution in [2.75, 3.05) is 20.0 Å². The second kappa shape index (κ2) is 4.73. The van der Waals surface area contributed by atoms with E-state index >= 15 is 0 Å². The number of aromatic nitrogens is 3. The number of anilines is 1. The van der Waals surface area contributed by atoms with Crippen molar-refractivity contribution in [3.05, 3.63) is 36.5 Å². The molecule has 20 heavy (non-hydrogen) atoms. The van der Waals surface area contributed by atoms with Gasteiger partial charge in [0.15, 0.2) is 17.1 Å². The van der Waals surface area contributed by atoms with Crippen molar-refractivity contribution in [3.63, 3.8) is 0 Å². The Kier molecular flexibility index (Phi) is 2.90. The van der Waals surface area contributed by atoms with Gasteiger partial charge in [-0.1, -0.05) is 0 Å². The molecule has 0 spiro atoms. The highest BCUT2D eigenvalue weighted by Gasteiger charge is 2.10. The van der Waals surface area contributed by atoms with Crippen molar-refractivity contribution in [1.29, 1.82) is 0 Å². The number of benzene rings is 1. The number of nitrogens with two attached hydrogens (primary N) is 1. The number of nitrogen functional groups attached to an aromatic ring is 1. The number of fused-ring (bicyclic) bond motifs is 1. The van der Waals surface area contributed by atoms with E-state index in [1.165, 1.54) is 0 Å². The average Bonchev–Trinajstić information content (AvgIpc) is 2.86. The standard InChI is InChI=1S/C14H14N4O2/c1-19-11-4-3-9(7-12(11)20-2)10-5-6-16-14-8-13(15)17-18(10)14/h3-8H,1-2H3,(H2,15,17). The molecule has 0 bridgehead atoms. The van der Waals surface area contributed by atoms with E-state index < -0.39 is 0 Å². The van der Waals surface area contributed by atoms with E-state index in [9.17, 15) is 0 Å². The highest BCUT2D eigenvalue weighted by Crippen LogP contribution is 2.32. The van der Waals surface area contributed by atoms with E-state index in [1.54, 1.807) is 31.0 Å². The summed E-state index contributed by atoms with van der Waals surface area (Å²) in [6, 6.07) is 9.29. The maximum Gasteiger partial charge on any atom is 0.161 e. The molecule has 0 aliphatic rings. The molecule has 2 N–H and O–H groups in total. The summed E-state index contributed by atoms with van der Waals surface area (Å²) < 4.78 is 12.3. The number of hydrogen-bond donors (Lipinski definition) is 1. The third-order valence-electron chi connectivity index (χ3n) is 3.06. The third-order valence-corrected chi connectivity index (χ3v) is 3.06. The van der Waals surface area contributed by atoms with Gasteiger partial charge in [0.1, 0.15) is 5.82 Å². The second-order valence-corrected chi connectivity index (χ2v) is 4.24. The third kappa shape index (κ3) is 1.91. The van der Waals surface area contributed by atoms with Gasteiger partial charge in [-0.05, 0) is 24.3 Å². The Balaban J connectivity index is 2.20. The summed E-state index contributed by atoms with van der Waals surface area (Å²) in [5, 5.41) is 4.25. The minimum absolute atomic E-state index is 0.436. The first-order chi connectivity index (χ1) is 9.72. The molecular formula is C14H14N4O2. The smallest absolute Gasteiger partial charge is 0.161 e. The first-order valence-corrected chi connectivity index (χ1v) is 6.05. The summed E-state index contributed by atoms with van der Waals surface area (Å²) in [6.45, 7) is 0. The number of nitrogens with zero attached hydrogens (tertiary/aromatic N) is 3. The molecule has 2 heterocycles. The van der Waals surface area contributed by atoms with Crippen LogP contribution in [-0.4, -0.2) is 28.8 Å². The van der Waals surface area contributed by atoms with Crippen LogP contribution in [0.3, 0.4) is 0 Å². The number of ether oxygens (including phenoxy) is 2. The van der Waals surface area contributed by atoms with Crippen molar-refractivity contribution < 1.29 is 9.47 Å². The summed E-state index contributed by atoms with van der Waals surface area (Å²) in [4.78, 5) is 4.23. The summed E-state index contributed by atoms with van der Waals surface area (Å²) in [5.41, 5.74) is 8.25. The van der Waals surface area contributed by atoms with Gasteiger partial charge in [0.2, 0.25) is 0 Å². The van der Waals surface area contributed by atoms with Gasteiger partial charge < -0.3 is 15.2 Å². The maximum atomic E-state index is 5.72. The summed E-state index contributed by atoms with van der Waals surface area (Å²) >= 11 is 0. The normalized spacial score (nSPS) is 10.7. The molecule has 0 atom stereocenters. The molecule has 2 aromatic heterocycles. The Bertz CT molecular complexity index is 767. The summed E-state index contributed by atoms with van der Waals surface area (Å²) in [6.07, 6.45) is 1.72. The molecule has 6 heteroatoms. The van der Waals surface area contributed by atoms with Gasteiger partial charge in [-0.15, -0.1) is 5.10 Å². The van der Waals surface area contributed by atoms with Crippen LogP contribution in [0.4, 0.5) is 5.82 Å². The molecule has 0 amide bonds. The zero-order chi connectivity index (χ0) is 14.1. The molecule has 3 rings (SSSR count). The molecule has 1 aromatic carbocycles. The highest BCUT2D eigenvalue weighted by molar-refractivity contribution is 5.67. The van der Waals surface area contributed by atoms with E-state index in [0.29, 0.717) is 23.0 Å². The molecule has 0 saturated carbocycles. The molecule has 0 unspecified atom stereocenters. The van der Waals surface area contributed by atoms with Crippen molar-refractivity contribution >= 4 is 11.5 Å². The van der Waals surface area contributed by atoms with Crippen molar-refractivity contribution in [2.24, 2.45) is 0 Å². The van der Waals surface area contributed by atoms with E-state index in [0.717, 1.165) is 11.3 Å². The fourth-order valence-electron chi connectivity index (χ4n) is 2.13. The minimum Gasteiger partial charge on any atom is -0.493 e. The zero-order valence-corrected chi connectivity index (χ0v) is 11.2. The Morgan fingerprint density at radius 3 is 2.60 bits per heavy atom. The Morgan fingerprint density at radius 2 is 1.85 bits per heavy atom. The first kappa shape index (κ1) is 12.3. The van der Waals surface area contributed by atoms with Gasteiger partial charge in [0, 0.05) is 17.8 Å². The van der Waals surface area contributed by atoms with Crippen LogP contribution in [0.25, 0.3) is 16.9 Å². The molecule has 102 valence electrons. The molecule has 0 radical (unpaired) electrons. The summed E-state index contributed by atoms with van der Waals surface area (Å²) in [7, 11) is 3.21. The van der Waals surface area contributed by atoms with Crippen LogP contribution in [0.5, 0.6) is 11.5 Å². The molecule has 0 saturated heterocycles. The quantitative estimate of drug-likeness (QED) is 0.787. The van der Waals surface area contributed by atoms with Crippen LogP contribution in [0.2, 0.25) is 0 Å². The minimum atomic E-state index is 0.436. The van der Waals surface area contributed by atoms with Gasteiger partial charge in [0.25, 0.3) is 0 Å². The number of methoxy groups -OCH3 is 2. The Morgan fingerprint density at radius 1 is 1.05 bits per heavy atom.